The molecular weight excluding hydrogens is 228 g/mol. The molecule has 0 spiro atoms. The molecule has 0 unspecified atom stereocenters. The fourth-order valence-electron chi connectivity index (χ4n) is 3.66. The summed E-state index contributed by atoms with van der Waals surface area (Å²) in [6, 6.07) is 0. The molecule has 3 heteroatoms. The number of aldehydes is 1. The van der Waals surface area contributed by atoms with Crippen molar-refractivity contribution in [3.63, 3.8) is 0 Å². The minimum absolute atomic E-state index is 0.125. The first-order valence-electron chi connectivity index (χ1n) is 6.73. The number of aliphatic hydroxyl groups excluding tert-OH is 1. The van der Waals surface area contributed by atoms with E-state index in [2.05, 4.69) is 17.9 Å². The molecule has 0 heterocycles. The third-order valence-electron chi connectivity index (χ3n) is 4.67. The molecule has 3 nitrogen and oxygen atoms in total. The van der Waals surface area contributed by atoms with E-state index in [4.69, 9.17) is 0 Å². The molecule has 18 heavy (non-hydrogen) atoms. The topological polar surface area (TPSA) is 57.5 Å². The van der Waals surface area contributed by atoms with Gasteiger partial charge in [-0.25, -0.2) is 0 Å². The lowest BCUT2D eigenvalue weighted by Gasteiger charge is -2.51. The van der Waals surface area contributed by atoms with Crippen molar-refractivity contribution >= 4 is 6.29 Å². The first-order chi connectivity index (χ1) is 8.65. The molecule has 2 saturated carbocycles. The van der Waals surface area contributed by atoms with Gasteiger partial charge in [0.2, 0.25) is 0 Å². The molecule has 0 radical (unpaired) electrons. The third kappa shape index (κ3) is 1.81. The fourth-order valence-corrected chi connectivity index (χ4v) is 3.66. The Labute approximate surface area is 107 Å². The molecule has 0 amide bonds. The predicted molar refractivity (Wildman–Crippen MR) is 66.4 cm³/mol. The highest BCUT2D eigenvalue weighted by Crippen LogP contribution is 2.55. The molecule has 96 valence electrons. The van der Waals surface area contributed by atoms with Gasteiger partial charge in [-0.2, -0.15) is 0 Å². The molecular formula is C15H18O3. The molecule has 0 aromatic heterocycles. The summed E-state index contributed by atoms with van der Waals surface area (Å²) in [5.41, 5.74) is 0.347. The van der Waals surface area contributed by atoms with Crippen LogP contribution in [0.4, 0.5) is 0 Å². The number of rotatable bonds is 4. The van der Waals surface area contributed by atoms with Gasteiger partial charge < -0.3 is 15.0 Å². The molecule has 3 aliphatic carbocycles. The van der Waals surface area contributed by atoms with E-state index in [0.29, 0.717) is 18.3 Å². The van der Waals surface area contributed by atoms with Gasteiger partial charge in [0.05, 0.1) is 6.10 Å². The van der Waals surface area contributed by atoms with Crippen LogP contribution in [0.1, 0.15) is 32.1 Å². The van der Waals surface area contributed by atoms with Crippen LogP contribution in [0.2, 0.25) is 0 Å². The summed E-state index contributed by atoms with van der Waals surface area (Å²) in [6.45, 7) is 0. The van der Waals surface area contributed by atoms with Crippen LogP contribution in [0.3, 0.4) is 0 Å². The summed E-state index contributed by atoms with van der Waals surface area (Å²) >= 11 is 0. The fraction of sp³-hybridized carbons (Fsp3) is 0.667. The predicted octanol–water partition coefficient (Wildman–Crippen LogP) is 1.05. The average molecular weight is 246 g/mol. The maximum Gasteiger partial charge on any atom is 0.193 e. The van der Waals surface area contributed by atoms with Crippen LogP contribution in [0.25, 0.3) is 0 Å². The van der Waals surface area contributed by atoms with E-state index in [1.165, 1.54) is 5.57 Å². The first kappa shape index (κ1) is 12.0. The minimum atomic E-state index is -1.06. The van der Waals surface area contributed by atoms with Gasteiger partial charge in [-0.1, -0.05) is 23.5 Å². The summed E-state index contributed by atoms with van der Waals surface area (Å²) in [4.78, 5) is 10.3. The second kappa shape index (κ2) is 4.22. The summed E-state index contributed by atoms with van der Waals surface area (Å²) in [5.74, 6) is 6.20. The Morgan fingerprint density at radius 1 is 1.33 bits per heavy atom. The molecule has 2 N–H and O–H groups in total. The molecule has 0 aliphatic heterocycles. The van der Waals surface area contributed by atoms with E-state index in [1.807, 2.05) is 0 Å². The number of allylic oxidation sites excluding steroid dienone is 2. The number of unbranched alkanes of at least 4 members (excludes halogenated alkanes) is 1. The number of hydrogen-bond donors (Lipinski definition) is 2. The van der Waals surface area contributed by atoms with Crippen LogP contribution in [-0.4, -0.2) is 28.2 Å². The summed E-state index contributed by atoms with van der Waals surface area (Å²) in [7, 11) is 0. The zero-order valence-electron chi connectivity index (χ0n) is 10.3. The van der Waals surface area contributed by atoms with E-state index in [-0.39, 0.29) is 5.92 Å². The van der Waals surface area contributed by atoms with Crippen LogP contribution in [-0.2, 0) is 4.79 Å². The molecule has 4 atom stereocenters. The maximum absolute atomic E-state index is 10.3. The first-order valence-corrected chi connectivity index (χ1v) is 6.73. The van der Waals surface area contributed by atoms with Gasteiger partial charge in [0, 0.05) is 12.3 Å². The van der Waals surface area contributed by atoms with E-state index in [9.17, 15) is 15.0 Å². The monoisotopic (exact) mass is 246 g/mol. The SMILES string of the molecule is O=CCCC=C1C[C@H]2[C@@H](C3(O)C#C3)[C@@H](O)CC[C@@H]12. The number of carbonyl (C=O) groups is 1. The lowest BCUT2D eigenvalue weighted by atomic mass is 9.54. The van der Waals surface area contributed by atoms with Crippen molar-refractivity contribution in [2.75, 3.05) is 0 Å². The van der Waals surface area contributed by atoms with Gasteiger partial charge in [-0.05, 0) is 37.5 Å². The van der Waals surface area contributed by atoms with Gasteiger partial charge in [0.15, 0.2) is 5.60 Å². The Balaban J connectivity index is 1.67. The summed E-state index contributed by atoms with van der Waals surface area (Å²) < 4.78 is 0. The molecule has 0 aromatic rings. The molecule has 0 bridgehead atoms. The number of aliphatic hydroxyl groups is 2. The van der Waals surface area contributed by atoms with Gasteiger partial charge in [-0.3, -0.25) is 0 Å². The van der Waals surface area contributed by atoms with Gasteiger partial charge in [0.1, 0.15) is 6.29 Å². The van der Waals surface area contributed by atoms with Crippen molar-refractivity contribution < 1.29 is 15.0 Å². The molecule has 0 aromatic carbocycles. The van der Waals surface area contributed by atoms with E-state index >= 15 is 0 Å². The Hall–Kier alpha value is -1.11. The summed E-state index contributed by atoms with van der Waals surface area (Å²) in [6.07, 6.45) is 6.75. The molecule has 3 rings (SSSR count). The van der Waals surface area contributed by atoms with Crippen LogP contribution < -0.4 is 0 Å². The number of fused-ring (bicyclic) bond motifs is 1. The second-order valence-corrected chi connectivity index (χ2v) is 5.68. The maximum atomic E-state index is 10.3. The van der Waals surface area contributed by atoms with Crippen molar-refractivity contribution in [3.8, 4) is 11.8 Å². The Morgan fingerprint density at radius 3 is 2.78 bits per heavy atom. The Kier molecular flexibility index (Phi) is 2.80. The van der Waals surface area contributed by atoms with Crippen molar-refractivity contribution in [1.82, 2.24) is 0 Å². The number of carbonyl (C=O) groups excluding carboxylic acids is 1. The second-order valence-electron chi connectivity index (χ2n) is 5.68. The Morgan fingerprint density at radius 2 is 2.11 bits per heavy atom. The number of hydrogen-bond acceptors (Lipinski definition) is 3. The van der Waals surface area contributed by atoms with Crippen molar-refractivity contribution in [3.05, 3.63) is 11.6 Å². The molecule has 3 aliphatic rings. The van der Waals surface area contributed by atoms with Crippen molar-refractivity contribution in [2.45, 2.75) is 43.8 Å². The van der Waals surface area contributed by atoms with E-state index in [1.54, 1.807) is 0 Å². The van der Waals surface area contributed by atoms with Crippen LogP contribution >= 0.6 is 0 Å². The van der Waals surface area contributed by atoms with E-state index in [0.717, 1.165) is 32.0 Å². The zero-order valence-corrected chi connectivity index (χ0v) is 10.3. The minimum Gasteiger partial charge on any atom is -0.393 e. The molecule has 2 fully saturated rings. The average Bonchev–Trinajstić information content (AvgIpc) is 3.05. The summed E-state index contributed by atoms with van der Waals surface area (Å²) in [5, 5.41) is 20.2. The third-order valence-corrected chi connectivity index (χ3v) is 4.67. The smallest absolute Gasteiger partial charge is 0.193 e. The van der Waals surface area contributed by atoms with Gasteiger partial charge in [0.25, 0.3) is 0 Å². The van der Waals surface area contributed by atoms with Crippen molar-refractivity contribution in [2.24, 2.45) is 17.8 Å². The highest BCUT2D eigenvalue weighted by molar-refractivity contribution is 5.50. The Bertz CT molecular complexity index is 446. The van der Waals surface area contributed by atoms with Crippen LogP contribution in [0.5, 0.6) is 0 Å². The van der Waals surface area contributed by atoms with Crippen LogP contribution in [0.15, 0.2) is 11.6 Å². The highest BCUT2D eigenvalue weighted by Gasteiger charge is 2.56. The molecule has 0 saturated heterocycles. The van der Waals surface area contributed by atoms with Crippen molar-refractivity contribution in [1.29, 1.82) is 0 Å². The highest BCUT2D eigenvalue weighted by atomic mass is 16.3. The normalized spacial score (nSPS) is 41.3. The standard InChI is InChI=1S/C15H18O3/c16-8-2-1-3-10-9-12-11(10)4-5-13(17)14(12)15(18)6-7-15/h3,8,11-14,17-18H,1-2,4-5,9H2/t11-,12+,13-,14+/m0/s1. The van der Waals surface area contributed by atoms with Crippen LogP contribution in [0, 0.1) is 29.6 Å². The lowest BCUT2D eigenvalue weighted by molar-refractivity contribution is -0.107. The van der Waals surface area contributed by atoms with E-state index < -0.39 is 11.7 Å². The lowest BCUT2D eigenvalue weighted by Crippen LogP contribution is -2.52. The van der Waals surface area contributed by atoms with Gasteiger partial charge in [-0.15, -0.1) is 0 Å². The zero-order chi connectivity index (χ0) is 12.8. The quantitative estimate of drug-likeness (QED) is 0.337. The van der Waals surface area contributed by atoms with Gasteiger partial charge >= 0.3 is 0 Å². The largest absolute Gasteiger partial charge is 0.393 e.